The molecule has 6 nitrogen and oxygen atoms in total. The normalized spacial score (nSPS) is 11.3. The van der Waals surface area contributed by atoms with E-state index in [2.05, 4.69) is 142 Å². The van der Waals surface area contributed by atoms with E-state index in [0.717, 1.165) is 50.1 Å². The smallest absolute Gasteiger partial charge is 0.248 e. The van der Waals surface area contributed by atoms with Gasteiger partial charge < -0.3 is 8.83 Å². The second-order valence-corrected chi connectivity index (χ2v) is 14.7. The molecule has 11 rings (SSSR count). The van der Waals surface area contributed by atoms with E-state index in [1.165, 1.54) is 38.2 Å². The summed E-state index contributed by atoms with van der Waals surface area (Å²) < 4.78 is 12.1. The Kier molecular flexibility index (Phi) is 8.71. The zero-order valence-electron chi connectivity index (χ0n) is 32.2. The van der Waals surface area contributed by atoms with Crippen molar-refractivity contribution in [2.24, 2.45) is 0 Å². The van der Waals surface area contributed by atoms with Crippen molar-refractivity contribution in [3.63, 3.8) is 0 Å². The number of rotatable bonds is 8. The van der Waals surface area contributed by atoms with Gasteiger partial charge in [-0.3, -0.25) is 0 Å². The van der Waals surface area contributed by atoms with Gasteiger partial charge in [0.15, 0.2) is 0 Å². The lowest BCUT2D eigenvalue weighted by Crippen LogP contribution is -1.92. The van der Waals surface area contributed by atoms with E-state index in [-0.39, 0.29) is 0 Å². The standard InChI is InChI=1S/C54H34N4O2/c1-5-13-37(14-6-1)49-45-31-29-43(35-21-25-41(26-22-35)53-57-55-51(59-53)39-17-9-3-10-18-39)33-47(45)50(38-15-7-2-8-16-38)48-34-44(30-32-46(48)49)36-23-27-42(28-24-36)54-58-56-52(60-54)40-19-11-4-12-20-40/h1-34H. The highest BCUT2D eigenvalue weighted by molar-refractivity contribution is 6.22. The van der Waals surface area contributed by atoms with E-state index < -0.39 is 0 Å². The second-order valence-electron chi connectivity index (χ2n) is 14.7. The van der Waals surface area contributed by atoms with E-state index in [0.29, 0.717) is 23.6 Å². The minimum atomic E-state index is 0.488. The summed E-state index contributed by atoms with van der Waals surface area (Å²) in [5, 5.41) is 22.0. The van der Waals surface area contributed by atoms with Gasteiger partial charge in [-0.2, -0.15) is 0 Å². The van der Waals surface area contributed by atoms with Crippen LogP contribution in [0.4, 0.5) is 0 Å². The first-order valence-corrected chi connectivity index (χ1v) is 19.9. The summed E-state index contributed by atoms with van der Waals surface area (Å²) in [5.74, 6) is 1.98. The summed E-state index contributed by atoms with van der Waals surface area (Å²) in [5.41, 5.74) is 12.7. The predicted molar refractivity (Wildman–Crippen MR) is 241 cm³/mol. The fraction of sp³-hybridized carbons (Fsp3) is 0. The first-order chi connectivity index (χ1) is 29.7. The van der Waals surface area contributed by atoms with Crippen LogP contribution in [0.25, 0.3) is 112 Å². The molecular formula is C54H34N4O2. The first-order valence-electron chi connectivity index (χ1n) is 19.9. The third-order valence-electron chi connectivity index (χ3n) is 11.1. The van der Waals surface area contributed by atoms with Crippen LogP contribution in [0, 0.1) is 0 Å². The minimum Gasteiger partial charge on any atom is -0.416 e. The summed E-state index contributed by atoms with van der Waals surface area (Å²) >= 11 is 0. The fourth-order valence-electron chi connectivity index (χ4n) is 8.10. The Morgan fingerprint density at radius 3 is 0.833 bits per heavy atom. The third-order valence-corrected chi connectivity index (χ3v) is 11.1. The number of aromatic nitrogens is 4. The maximum atomic E-state index is 6.07. The molecule has 0 amide bonds. The number of hydrogen-bond donors (Lipinski definition) is 0. The lowest BCUT2D eigenvalue weighted by Gasteiger charge is -2.19. The molecule has 9 aromatic carbocycles. The Morgan fingerprint density at radius 1 is 0.217 bits per heavy atom. The van der Waals surface area contributed by atoms with Gasteiger partial charge in [0.05, 0.1) is 0 Å². The molecule has 60 heavy (non-hydrogen) atoms. The van der Waals surface area contributed by atoms with Crippen molar-refractivity contribution < 1.29 is 8.83 Å². The number of fused-ring (bicyclic) bond motifs is 2. The zero-order valence-corrected chi connectivity index (χ0v) is 32.2. The molecule has 0 fully saturated rings. The van der Waals surface area contributed by atoms with Gasteiger partial charge in [0.25, 0.3) is 0 Å². The Hall–Kier alpha value is -8.22. The third kappa shape index (κ3) is 6.42. The minimum absolute atomic E-state index is 0.488. The van der Waals surface area contributed by atoms with Crippen molar-refractivity contribution in [1.82, 2.24) is 20.4 Å². The molecule has 0 N–H and O–H groups in total. The first kappa shape index (κ1) is 35.0. The number of hydrogen-bond acceptors (Lipinski definition) is 6. The highest BCUT2D eigenvalue weighted by atomic mass is 16.4. The van der Waals surface area contributed by atoms with Gasteiger partial charge in [0, 0.05) is 22.3 Å². The quantitative estimate of drug-likeness (QED) is 0.143. The van der Waals surface area contributed by atoms with Crippen LogP contribution in [0.3, 0.4) is 0 Å². The van der Waals surface area contributed by atoms with Crippen molar-refractivity contribution in [2.75, 3.05) is 0 Å². The van der Waals surface area contributed by atoms with Crippen LogP contribution < -0.4 is 0 Å². The van der Waals surface area contributed by atoms with Crippen LogP contribution in [-0.2, 0) is 0 Å². The molecule has 0 bridgehead atoms. The van der Waals surface area contributed by atoms with E-state index in [1.807, 2.05) is 84.9 Å². The van der Waals surface area contributed by atoms with Gasteiger partial charge in [-0.1, -0.05) is 146 Å². The van der Waals surface area contributed by atoms with Gasteiger partial charge in [-0.25, -0.2) is 0 Å². The maximum absolute atomic E-state index is 6.07. The van der Waals surface area contributed by atoms with Crippen LogP contribution in [-0.4, -0.2) is 20.4 Å². The van der Waals surface area contributed by atoms with Gasteiger partial charge in [-0.05, 0) is 127 Å². The summed E-state index contributed by atoms with van der Waals surface area (Å²) in [6.07, 6.45) is 0. The fourth-order valence-corrected chi connectivity index (χ4v) is 8.10. The molecule has 11 aromatic rings. The zero-order chi connectivity index (χ0) is 39.8. The molecule has 2 aromatic heterocycles. The van der Waals surface area contributed by atoms with Crippen LogP contribution >= 0.6 is 0 Å². The van der Waals surface area contributed by atoms with E-state index in [4.69, 9.17) is 8.83 Å². The lowest BCUT2D eigenvalue weighted by molar-refractivity contribution is 0.584. The van der Waals surface area contributed by atoms with Gasteiger partial charge in [0.2, 0.25) is 23.6 Å². The topological polar surface area (TPSA) is 77.8 Å². The van der Waals surface area contributed by atoms with Gasteiger partial charge in [0.1, 0.15) is 0 Å². The summed E-state index contributed by atoms with van der Waals surface area (Å²) in [4.78, 5) is 0. The van der Waals surface area contributed by atoms with Crippen LogP contribution in [0.1, 0.15) is 0 Å². The SMILES string of the molecule is c1ccc(-c2nnc(-c3ccc(-c4ccc5c(-c6ccccc6)c6ccc(-c7ccc(-c8nnc(-c9ccccc9)o8)cc7)cc6c(-c6ccccc6)c5c4)cc3)o2)cc1. The molecule has 0 unspecified atom stereocenters. The highest BCUT2D eigenvalue weighted by Gasteiger charge is 2.19. The van der Waals surface area contributed by atoms with E-state index in [1.54, 1.807) is 0 Å². The Balaban J connectivity index is 1.03. The Morgan fingerprint density at radius 2 is 0.483 bits per heavy atom. The molecule has 282 valence electrons. The maximum Gasteiger partial charge on any atom is 0.248 e. The van der Waals surface area contributed by atoms with Gasteiger partial charge in [-0.15, -0.1) is 20.4 Å². The largest absolute Gasteiger partial charge is 0.416 e. The molecule has 0 aliphatic rings. The van der Waals surface area contributed by atoms with Crippen LogP contribution in [0.5, 0.6) is 0 Å². The van der Waals surface area contributed by atoms with Crippen molar-refractivity contribution in [1.29, 1.82) is 0 Å². The average molecular weight is 771 g/mol. The summed E-state index contributed by atoms with van der Waals surface area (Å²) in [7, 11) is 0. The molecule has 0 saturated carbocycles. The molecular weight excluding hydrogens is 737 g/mol. The summed E-state index contributed by atoms with van der Waals surface area (Å²) in [6.45, 7) is 0. The van der Waals surface area contributed by atoms with Crippen LogP contribution in [0.2, 0.25) is 0 Å². The Labute approximate surface area is 346 Å². The molecule has 0 spiro atoms. The molecule has 0 aliphatic heterocycles. The number of nitrogens with zero attached hydrogens (tertiary/aromatic N) is 4. The highest BCUT2D eigenvalue weighted by Crippen LogP contribution is 2.46. The predicted octanol–water partition coefficient (Wildman–Crippen LogP) is 14.1. The average Bonchev–Trinajstić information content (AvgIpc) is 4.04. The molecule has 6 heteroatoms. The molecule has 2 heterocycles. The lowest BCUT2D eigenvalue weighted by atomic mass is 9.84. The van der Waals surface area contributed by atoms with Crippen molar-refractivity contribution in [3.8, 4) is 90.3 Å². The molecule has 0 radical (unpaired) electrons. The molecule has 0 aliphatic carbocycles. The van der Waals surface area contributed by atoms with E-state index >= 15 is 0 Å². The van der Waals surface area contributed by atoms with E-state index in [9.17, 15) is 0 Å². The number of benzene rings is 9. The monoisotopic (exact) mass is 770 g/mol. The second kappa shape index (κ2) is 14.9. The van der Waals surface area contributed by atoms with Crippen molar-refractivity contribution in [2.45, 2.75) is 0 Å². The summed E-state index contributed by atoms with van der Waals surface area (Å²) in [6, 6.07) is 71.5. The van der Waals surface area contributed by atoms with Crippen LogP contribution in [0.15, 0.2) is 215 Å². The van der Waals surface area contributed by atoms with Crippen molar-refractivity contribution in [3.05, 3.63) is 206 Å². The molecule has 0 atom stereocenters. The van der Waals surface area contributed by atoms with Crippen molar-refractivity contribution >= 4 is 21.5 Å². The molecule has 0 saturated heterocycles. The van der Waals surface area contributed by atoms with Gasteiger partial charge >= 0.3 is 0 Å². The Bertz CT molecular complexity index is 3090.